The Labute approximate surface area is 158 Å². The first-order chi connectivity index (χ1) is 12.9. The number of ether oxygens (including phenoxy) is 2. The van der Waals surface area contributed by atoms with Crippen molar-refractivity contribution in [1.29, 1.82) is 0 Å². The van der Waals surface area contributed by atoms with Crippen molar-refractivity contribution in [1.82, 2.24) is 0 Å². The molecule has 0 N–H and O–H groups in total. The molecule has 0 unspecified atom stereocenters. The smallest absolute Gasteiger partial charge is 0.277 e. The fourth-order valence-electron chi connectivity index (χ4n) is 2.70. The van der Waals surface area contributed by atoms with Crippen LogP contribution in [0.4, 0.5) is 11.4 Å². The van der Waals surface area contributed by atoms with Gasteiger partial charge in [0.2, 0.25) is 0 Å². The van der Waals surface area contributed by atoms with Crippen LogP contribution in [0.3, 0.4) is 0 Å². The topological polar surface area (TPSA) is 99.0 Å². The van der Waals surface area contributed by atoms with Gasteiger partial charge in [0.25, 0.3) is 17.5 Å². The number of methoxy groups -OCH3 is 2. The van der Waals surface area contributed by atoms with Gasteiger partial charge in [-0.3, -0.25) is 19.7 Å². The average Bonchev–Trinajstić information content (AvgIpc) is 2.90. The van der Waals surface area contributed by atoms with Gasteiger partial charge < -0.3 is 9.47 Å². The van der Waals surface area contributed by atoms with Gasteiger partial charge in [-0.2, -0.15) is 0 Å². The number of carbonyl (C=O) groups is 2. The minimum absolute atomic E-state index is 0.0219. The van der Waals surface area contributed by atoms with Crippen molar-refractivity contribution in [3.05, 3.63) is 63.2 Å². The summed E-state index contributed by atoms with van der Waals surface area (Å²) >= 11 is 6.12. The van der Waals surface area contributed by atoms with Crippen molar-refractivity contribution in [2.24, 2.45) is 0 Å². The van der Waals surface area contributed by atoms with Crippen LogP contribution in [0.25, 0.3) is 5.57 Å². The summed E-state index contributed by atoms with van der Waals surface area (Å²) in [6, 6.07) is 9.80. The number of carbonyl (C=O) groups excluding carboxylic acids is 2. The largest absolute Gasteiger partial charge is 0.493 e. The number of amides is 2. The van der Waals surface area contributed by atoms with Gasteiger partial charge in [0.05, 0.1) is 30.4 Å². The molecule has 8 nitrogen and oxygen atoms in total. The van der Waals surface area contributed by atoms with E-state index in [0.29, 0.717) is 17.1 Å². The Morgan fingerprint density at radius 3 is 2.15 bits per heavy atom. The van der Waals surface area contributed by atoms with Crippen LogP contribution in [0, 0.1) is 10.1 Å². The van der Waals surface area contributed by atoms with Crippen molar-refractivity contribution in [2.75, 3.05) is 19.1 Å². The standard InChI is InChI=1S/C18H13ClN2O6/c1-26-13-8-7-12(9-14(13)27-2)20-17(22)15(16(19)18(20)23)10-3-5-11(6-4-10)21(24)25/h3-9H,1-2H3. The minimum Gasteiger partial charge on any atom is -0.493 e. The molecule has 1 aliphatic rings. The summed E-state index contributed by atoms with van der Waals surface area (Å²) < 4.78 is 10.3. The summed E-state index contributed by atoms with van der Waals surface area (Å²) in [5.41, 5.74) is 0.417. The zero-order valence-corrected chi connectivity index (χ0v) is 15.0. The number of nitrogens with zero attached hydrogens (tertiary/aromatic N) is 2. The number of hydrogen-bond donors (Lipinski definition) is 0. The molecule has 0 atom stereocenters. The highest BCUT2D eigenvalue weighted by Gasteiger charge is 2.39. The number of nitro groups is 1. The molecular weight excluding hydrogens is 376 g/mol. The molecule has 27 heavy (non-hydrogen) atoms. The quantitative estimate of drug-likeness (QED) is 0.443. The minimum atomic E-state index is -0.692. The van der Waals surface area contributed by atoms with E-state index < -0.39 is 16.7 Å². The predicted octanol–water partition coefficient (Wildman–Crippen LogP) is 3.14. The SMILES string of the molecule is COc1ccc(N2C(=O)C(Cl)=C(c3ccc([N+](=O)[O-])cc3)C2=O)cc1OC. The molecule has 138 valence electrons. The highest BCUT2D eigenvalue weighted by molar-refractivity contribution is 6.60. The van der Waals surface area contributed by atoms with Crippen molar-refractivity contribution in [3.8, 4) is 11.5 Å². The third kappa shape index (κ3) is 3.11. The third-order valence-corrected chi connectivity index (χ3v) is 4.37. The van der Waals surface area contributed by atoms with Crippen LogP contribution in [-0.4, -0.2) is 31.0 Å². The molecule has 0 aliphatic carbocycles. The predicted molar refractivity (Wildman–Crippen MR) is 97.9 cm³/mol. The summed E-state index contributed by atoms with van der Waals surface area (Å²) in [5, 5.41) is 10.5. The number of hydrogen-bond acceptors (Lipinski definition) is 6. The van der Waals surface area contributed by atoms with Gasteiger partial charge in [-0.05, 0) is 29.8 Å². The molecule has 0 bridgehead atoms. The Hall–Kier alpha value is -3.39. The highest BCUT2D eigenvalue weighted by atomic mass is 35.5. The molecule has 0 aromatic heterocycles. The number of anilines is 1. The lowest BCUT2D eigenvalue weighted by molar-refractivity contribution is -0.384. The zero-order chi connectivity index (χ0) is 19.7. The molecule has 0 saturated carbocycles. The van der Waals surface area contributed by atoms with Crippen molar-refractivity contribution >= 4 is 40.4 Å². The first-order valence-corrected chi connectivity index (χ1v) is 8.02. The number of benzene rings is 2. The van der Waals surface area contributed by atoms with Gasteiger partial charge in [-0.15, -0.1) is 0 Å². The van der Waals surface area contributed by atoms with Crippen LogP contribution in [-0.2, 0) is 9.59 Å². The summed E-state index contributed by atoms with van der Waals surface area (Å²) in [6.45, 7) is 0. The molecule has 0 saturated heterocycles. The second-order valence-electron chi connectivity index (χ2n) is 5.48. The zero-order valence-electron chi connectivity index (χ0n) is 14.3. The Morgan fingerprint density at radius 2 is 1.59 bits per heavy atom. The van der Waals surface area contributed by atoms with Gasteiger partial charge in [-0.1, -0.05) is 11.6 Å². The maximum atomic E-state index is 12.9. The fourth-order valence-corrected chi connectivity index (χ4v) is 2.98. The van der Waals surface area contributed by atoms with Crippen LogP contribution in [0.2, 0.25) is 0 Å². The molecule has 2 aromatic rings. The first-order valence-electron chi connectivity index (χ1n) is 7.64. The van der Waals surface area contributed by atoms with E-state index in [4.69, 9.17) is 21.1 Å². The Balaban J connectivity index is 2.00. The van der Waals surface area contributed by atoms with Crippen LogP contribution in [0.1, 0.15) is 5.56 Å². The number of non-ortho nitro benzene ring substituents is 1. The van der Waals surface area contributed by atoms with Crippen molar-refractivity contribution < 1.29 is 24.0 Å². The number of imide groups is 1. The molecule has 1 heterocycles. The highest BCUT2D eigenvalue weighted by Crippen LogP contribution is 2.38. The lowest BCUT2D eigenvalue weighted by Crippen LogP contribution is -2.31. The molecule has 2 amide bonds. The number of rotatable bonds is 5. The summed E-state index contributed by atoms with van der Waals surface area (Å²) in [7, 11) is 2.90. The Bertz CT molecular complexity index is 984. The van der Waals surface area contributed by atoms with Crippen molar-refractivity contribution in [2.45, 2.75) is 0 Å². The second-order valence-corrected chi connectivity index (χ2v) is 5.86. The van der Waals surface area contributed by atoms with Gasteiger partial charge in [-0.25, -0.2) is 4.90 Å². The van der Waals surface area contributed by atoms with E-state index in [2.05, 4.69) is 0 Å². The van der Waals surface area contributed by atoms with E-state index in [1.807, 2.05) is 0 Å². The summed E-state index contributed by atoms with van der Waals surface area (Å²) in [5.74, 6) is -0.543. The van der Waals surface area contributed by atoms with Crippen LogP contribution in [0.15, 0.2) is 47.5 Å². The van der Waals surface area contributed by atoms with E-state index in [-0.39, 0.29) is 22.0 Å². The van der Waals surface area contributed by atoms with Gasteiger partial charge in [0.1, 0.15) is 5.03 Å². The van der Waals surface area contributed by atoms with E-state index in [1.54, 1.807) is 6.07 Å². The lowest BCUT2D eigenvalue weighted by Gasteiger charge is -2.17. The monoisotopic (exact) mass is 388 g/mol. The molecule has 9 heteroatoms. The van der Waals surface area contributed by atoms with Gasteiger partial charge >= 0.3 is 0 Å². The van der Waals surface area contributed by atoms with E-state index in [9.17, 15) is 19.7 Å². The number of nitro benzene ring substituents is 1. The second kappa shape index (κ2) is 7.08. The van der Waals surface area contributed by atoms with Gasteiger partial charge in [0.15, 0.2) is 11.5 Å². The molecule has 0 fully saturated rings. The fraction of sp³-hybridized carbons (Fsp3) is 0.111. The van der Waals surface area contributed by atoms with E-state index in [1.165, 1.54) is 50.6 Å². The van der Waals surface area contributed by atoms with Crippen molar-refractivity contribution in [3.63, 3.8) is 0 Å². The van der Waals surface area contributed by atoms with E-state index in [0.717, 1.165) is 4.90 Å². The summed E-state index contributed by atoms with van der Waals surface area (Å²) in [4.78, 5) is 36.6. The molecule has 0 radical (unpaired) electrons. The molecule has 2 aromatic carbocycles. The first kappa shape index (κ1) is 18.4. The molecule has 1 aliphatic heterocycles. The van der Waals surface area contributed by atoms with Crippen LogP contribution >= 0.6 is 11.6 Å². The molecular formula is C18H13ClN2O6. The maximum absolute atomic E-state index is 12.9. The molecule has 0 spiro atoms. The summed E-state index contributed by atoms with van der Waals surface area (Å²) in [6.07, 6.45) is 0. The Kier molecular flexibility index (Phi) is 4.83. The lowest BCUT2D eigenvalue weighted by atomic mass is 10.1. The normalized spacial score (nSPS) is 14.0. The number of halogens is 1. The van der Waals surface area contributed by atoms with Gasteiger partial charge in [0, 0.05) is 18.2 Å². The molecule has 3 rings (SSSR count). The van der Waals surface area contributed by atoms with E-state index >= 15 is 0 Å². The van der Waals surface area contributed by atoms with Crippen LogP contribution in [0.5, 0.6) is 11.5 Å². The van der Waals surface area contributed by atoms with Crippen LogP contribution < -0.4 is 14.4 Å². The maximum Gasteiger partial charge on any atom is 0.277 e. The Morgan fingerprint density at radius 1 is 0.963 bits per heavy atom. The average molecular weight is 389 g/mol. The third-order valence-electron chi connectivity index (χ3n) is 4.02.